The topological polar surface area (TPSA) is 32.3 Å². The molecule has 1 heterocycles. The lowest BCUT2D eigenvalue weighted by atomic mass is 9.77. The summed E-state index contributed by atoms with van der Waals surface area (Å²) in [7, 11) is 0. The standard InChI is InChI=1S/C18H14Cl2INO/c19-9-6-14(18(23)15(20)7-9)17-12-3-1-2-11(12)13-8-10(21)4-5-16(13)22-17/h1-2,4-8,11-12,17,22-23H,3H2. The molecule has 0 radical (unpaired) electrons. The van der Waals surface area contributed by atoms with Crippen LogP contribution in [-0.2, 0) is 0 Å². The molecule has 3 atom stereocenters. The van der Waals surface area contributed by atoms with Crippen molar-refractivity contribution in [2.45, 2.75) is 18.4 Å². The van der Waals surface area contributed by atoms with Crippen LogP contribution in [-0.4, -0.2) is 5.11 Å². The third-order valence-corrected chi connectivity index (χ3v) is 5.89. The zero-order chi connectivity index (χ0) is 16.1. The largest absolute Gasteiger partial charge is 0.506 e. The molecule has 0 spiro atoms. The molecule has 2 aliphatic rings. The summed E-state index contributed by atoms with van der Waals surface area (Å²) in [5, 5.41) is 14.9. The summed E-state index contributed by atoms with van der Waals surface area (Å²) in [4.78, 5) is 0. The Hall–Kier alpha value is -0.910. The van der Waals surface area contributed by atoms with Crippen LogP contribution in [0.4, 0.5) is 5.69 Å². The predicted octanol–water partition coefficient (Wildman–Crippen LogP) is 6.13. The van der Waals surface area contributed by atoms with Crippen molar-refractivity contribution in [2.24, 2.45) is 5.92 Å². The number of nitrogens with one attached hydrogen (secondary N) is 1. The molecule has 0 amide bonds. The van der Waals surface area contributed by atoms with Crippen LogP contribution in [0.15, 0.2) is 42.5 Å². The minimum atomic E-state index is -0.0150. The van der Waals surface area contributed by atoms with Gasteiger partial charge in [0.05, 0.1) is 11.1 Å². The van der Waals surface area contributed by atoms with E-state index >= 15 is 0 Å². The van der Waals surface area contributed by atoms with Gasteiger partial charge in [-0.15, -0.1) is 0 Å². The second kappa shape index (κ2) is 5.87. The van der Waals surface area contributed by atoms with Crippen LogP contribution < -0.4 is 5.32 Å². The monoisotopic (exact) mass is 457 g/mol. The van der Waals surface area contributed by atoms with Gasteiger partial charge in [-0.3, -0.25) is 0 Å². The summed E-state index contributed by atoms with van der Waals surface area (Å²) >= 11 is 14.6. The predicted molar refractivity (Wildman–Crippen MR) is 104 cm³/mol. The van der Waals surface area contributed by atoms with Gasteiger partial charge in [0.15, 0.2) is 0 Å². The number of benzene rings is 2. The summed E-state index contributed by atoms with van der Waals surface area (Å²) in [6, 6.07) is 9.80. The van der Waals surface area contributed by atoms with Crippen molar-refractivity contribution in [2.75, 3.05) is 5.32 Å². The maximum atomic E-state index is 10.4. The molecule has 1 aliphatic heterocycles. The average Bonchev–Trinajstić information content (AvgIpc) is 3.00. The van der Waals surface area contributed by atoms with Crippen molar-refractivity contribution in [3.63, 3.8) is 0 Å². The summed E-state index contributed by atoms with van der Waals surface area (Å²) in [6.45, 7) is 0. The number of phenols is 1. The molecule has 5 heteroatoms. The molecule has 2 aromatic rings. The lowest BCUT2D eigenvalue weighted by molar-refractivity contribution is 0.402. The molecule has 0 saturated carbocycles. The van der Waals surface area contributed by atoms with Gasteiger partial charge in [-0.1, -0.05) is 35.4 Å². The van der Waals surface area contributed by atoms with E-state index in [9.17, 15) is 5.11 Å². The zero-order valence-electron chi connectivity index (χ0n) is 12.1. The molecule has 23 heavy (non-hydrogen) atoms. The Morgan fingerprint density at radius 3 is 2.78 bits per heavy atom. The minimum Gasteiger partial charge on any atom is -0.506 e. The molecule has 1 aliphatic carbocycles. The first-order valence-electron chi connectivity index (χ1n) is 7.45. The second-order valence-corrected chi connectivity index (χ2v) is 8.12. The van der Waals surface area contributed by atoms with Gasteiger partial charge in [-0.2, -0.15) is 0 Å². The van der Waals surface area contributed by atoms with E-state index in [1.54, 1.807) is 6.07 Å². The van der Waals surface area contributed by atoms with Crippen molar-refractivity contribution in [1.29, 1.82) is 0 Å². The van der Waals surface area contributed by atoms with Crippen molar-refractivity contribution in [3.05, 3.63) is 67.2 Å². The van der Waals surface area contributed by atoms with Crippen LogP contribution in [0.1, 0.15) is 29.5 Å². The lowest BCUT2D eigenvalue weighted by Gasteiger charge is -2.38. The number of rotatable bonds is 1. The molecule has 2 nitrogen and oxygen atoms in total. The van der Waals surface area contributed by atoms with Crippen LogP contribution in [0, 0.1) is 9.49 Å². The first-order valence-corrected chi connectivity index (χ1v) is 9.28. The number of allylic oxidation sites excluding steroid dienone is 2. The number of halogens is 3. The molecular weight excluding hydrogens is 444 g/mol. The van der Waals surface area contributed by atoms with Crippen LogP contribution in [0.5, 0.6) is 5.75 Å². The molecule has 0 aromatic heterocycles. The van der Waals surface area contributed by atoms with E-state index in [-0.39, 0.29) is 11.8 Å². The summed E-state index contributed by atoms with van der Waals surface area (Å²) in [5.41, 5.74) is 3.20. The van der Waals surface area contributed by atoms with Gasteiger partial charge in [0, 0.05) is 25.8 Å². The molecule has 0 bridgehead atoms. The highest BCUT2D eigenvalue weighted by atomic mass is 127. The normalized spacial score (nSPS) is 24.9. The van der Waals surface area contributed by atoms with Crippen LogP contribution in [0.3, 0.4) is 0 Å². The highest BCUT2D eigenvalue weighted by Gasteiger charge is 2.39. The lowest BCUT2D eigenvalue weighted by Crippen LogP contribution is -2.29. The number of hydrogen-bond donors (Lipinski definition) is 2. The maximum absolute atomic E-state index is 10.4. The maximum Gasteiger partial charge on any atom is 0.139 e. The average molecular weight is 458 g/mol. The number of aromatic hydroxyl groups is 1. The van der Waals surface area contributed by atoms with E-state index < -0.39 is 0 Å². The van der Waals surface area contributed by atoms with Crippen LogP contribution >= 0.6 is 45.8 Å². The molecule has 0 fully saturated rings. The highest BCUT2D eigenvalue weighted by molar-refractivity contribution is 14.1. The fourth-order valence-electron chi connectivity index (χ4n) is 3.70. The van der Waals surface area contributed by atoms with E-state index in [1.165, 1.54) is 9.13 Å². The first-order chi connectivity index (χ1) is 11.0. The van der Waals surface area contributed by atoms with Gasteiger partial charge >= 0.3 is 0 Å². The van der Waals surface area contributed by atoms with Gasteiger partial charge in [-0.25, -0.2) is 0 Å². The Balaban J connectivity index is 1.84. The quantitative estimate of drug-likeness (QED) is 0.398. The van der Waals surface area contributed by atoms with Gasteiger partial charge in [0.1, 0.15) is 5.75 Å². The Kier molecular flexibility index (Phi) is 3.98. The Bertz CT molecular complexity index is 821. The van der Waals surface area contributed by atoms with Gasteiger partial charge in [0.25, 0.3) is 0 Å². The number of fused-ring (bicyclic) bond motifs is 3. The first kappa shape index (κ1) is 15.6. The van der Waals surface area contributed by atoms with Crippen molar-refractivity contribution in [3.8, 4) is 5.75 Å². The van der Waals surface area contributed by atoms with E-state index in [0.717, 1.165) is 17.7 Å². The molecule has 2 aromatic carbocycles. The molecule has 2 N–H and O–H groups in total. The van der Waals surface area contributed by atoms with Crippen LogP contribution in [0.25, 0.3) is 0 Å². The molecular formula is C18H14Cl2INO. The third-order valence-electron chi connectivity index (χ3n) is 4.72. The smallest absolute Gasteiger partial charge is 0.139 e. The fourth-order valence-corrected chi connectivity index (χ4v) is 4.72. The molecule has 0 saturated heterocycles. The zero-order valence-corrected chi connectivity index (χ0v) is 15.7. The fraction of sp³-hybridized carbons (Fsp3) is 0.222. The number of hydrogen-bond acceptors (Lipinski definition) is 2. The van der Waals surface area contributed by atoms with Crippen molar-refractivity contribution >= 4 is 51.5 Å². The van der Waals surface area contributed by atoms with E-state index in [2.05, 4.69) is 58.3 Å². The Morgan fingerprint density at radius 2 is 1.96 bits per heavy atom. The minimum absolute atomic E-state index is 0.0150. The van der Waals surface area contributed by atoms with E-state index in [1.807, 2.05) is 6.07 Å². The highest BCUT2D eigenvalue weighted by Crippen LogP contribution is 2.52. The van der Waals surface area contributed by atoms with E-state index in [4.69, 9.17) is 23.2 Å². The SMILES string of the molecule is Oc1c(Cl)cc(Cl)cc1C1Nc2ccc(I)cc2C2C=CCC21. The summed E-state index contributed by atoms with van der Waals surface area (Å²) < 4.78 is 1.23. The Morgan fingerprint density at radius 1 is 1.13 bits per heavy atom. The number of anilines is 1. The summed E-state index contributed by atoms with van der Waals surface area (Å²) in [5.74, 6) is 0.817. The van der Waals surface area contributed by atoms with Crippen LogP contribution in [0.2, 0.25) is 10.0 Å². The van der Waals surface area contributed by atoms with Gasteiger partial charge in [-0.05, 0) is 70.8 Å². The molecule has 118 valence electrons. The molecule has 4 rings (SSSR count). The van der Waals surface area contributed by atoms with Gasteiger partial charge in [0.2, 0.25) is 0 Å². The number of phenolic OH excluding ortho intramolecular Hbond substituents is 1. The molecule has 3 unspecified atom stereocenters. The second-order valence-electron chi connectivity index (χ2n) is 6.03. The van der Waals surface area contributed by atoms with Crippen molar-refractivity contribution < 1.29 is 5.11 Å². The van der Waals surface area contributed by atoms with Crippen molar-refractivity contribution in [1.82, 2.24) is 0 Å². The Labute approximate surface area is 158 Å². The van der Waals surface area contributed by atoms with Gasteiger partial charge < -0.3 is 10.4 Å². The van der Waals surface area contributed by atoms with E-state index in [0.29, 0.717) is 21.9 Å². The third kappa shape index (κ3) is 2.63. The summed E-state index contributed by atoms with van der Waals surface area (Å²) in [6.07, 6.45) is 5.47.